The Kier molecular flexibility index (Phi) is 4.32. The van der Waals surface area contributed by atoms with Gasteiger partial charge in [-0.2, -0.15) is 0 Å². The summed E-state index contributed by atoms with van der Waals surface area (Å²) in [5.41, 5.74) is 2.07. The average molecular weight is 329 g/mol. The van der Waals surface area contributed by atoms with Crippen molar-refractivity contribution in [3.8, 4) is 0 Å². The van der Waals surface area contributed by atoms with E-state index in [0.29, 0.717) is 19.6 Å². The van der Waals surface area contributed by atoms with E-state index >= 15 is 0 Å². The first-order valence-corrected chi connectivity index (χ1v) is 8.09. The molecule has 24 heavy (non-hydrogen) atoms. The number of carbonyl (C=O) groups is 1. The zero-order valence-electron chi connectivity index (χ0n) is 14.3. The van der Waals surface area contributed by atoms with Gasteiger partial charge in [-0.3, -0.25) is 4.98 Å². The maximum atomic E-state index is 12.2. The van der Waals surface area contributed by atoms with Crippen LogP contribution < -0.4 is 0 Å². The second-order valence-electron chi connectivity index (χ2n) is 6.99. The molecule has 0 radical (unpaired) electrons. The molecule has 0 aromatic carbocycles. The second kappa shape index (κ2) is 6.28. The summed E-state index contributed by atoms with van der Waals surface area (Å²) >= 11 is 0. The minimum Gasteiger partial charge on any atom is -0.444 e. The van der Waals surface area contributed by atoms with Gasteiger partial charge < -0.3 is 19.3 Å². The number of nitrogens with zero attached hydrogens (tertiary/aromatic N) is 3. The summed E-state index contributed by atoms with van der Waals surface area (Å²) in [6, 6.07) is 7.52. The predicted octanol–water partition coefficient (Wildman–Crippen LogP) is 2.72. The van der Waals surface area contributed by atoms with Crippen LogP contribution in [0.3, 0.4) is 0 Å². The van der Waals surface area contributed by atoms with Crippen LogP contribution in [0, 0.1) is 0 Å². The maximum absolute atomic E-state index is 12.2. The molecule has 6 heteroatoms. The van der Waals surface area contributed by atoms with Gasteiger partial charge in [-0.25, -0.2) is 4.79 Å². The highest BCUT2D eigenvalue weighted by molar-refractivity contribution is 5.68. The second-order valence-corrected chi connectivity index (χ2v) is 6.99. The number of carbonyl (C=O) groups excluding carboxylic acids is 1. The van der Waals surface area contributed by atoms with Crippen LogP contribution in [0.2, 0.25) is 0 Å². The van der Waals surface area contributed by atoms with Crippen molar-refractivity contribution >= 4 is 6.09 Å². The van der Waals surface area contributed by atoms with Crippen LogP contribution >= 0.6 is 0 Å². The topological polar surface area (TPSA) is 67.6 Å². The summed E-state index contributed by atoms with van der Waals surface area (Å²) in [7, 11) is 0. The van der Waals surface area contributed by atoms with Gasteiger partial charge in [0, 0.05) is 36.7 Å². The molecule has 1 aliphatic rings. The van der Waals surface area contributed by atoms with Crippen molar-refractivity contribution in [2.45, 2.75) is 45.6 Å². The first-order chi connectivity index (χ1) is 11.3. The highest BCUT2D eigenvalue weighted by atomic mass is 16.6. The number of aromatic nitrogens is 2. The number of ether oxygens (including phenoxy) is 1. The van der Waals surface area contributed by atoms with Crippen LogP contribution in [0.1, 0.15) is 43.8 Å². The predicted molar refractivity (Wildman–Crippen MR) is 89.4 cm³/mol. The van der Waals surface area contributed by atoms with Gasteiger partial charge >= 0.3 is 6.09 Å². The van der Waals surface area contributed by atoms with Gasteiger partial charge in [0.05, 0.1) is 12.2 Å². The fourth-order valence-corrected chi connectivity index (χ4v) is 2.86. The number of pyridine rings is 1. The normalized spacial score (nSPS) is 15.8. The van der Waals surface area contributed by atoms with E-state index in [4.69, 9.17) is 4.74 Å². The minimum atomic E-state index is -0.722. The molecule has 128 valence electrons. The lowest BCUT2D eigenvalue weighted by Gasteiger charge is -2.32. The van der Waals surface area contributed by atoms with Crippen molar-refractivity contribution in [1.82, 2.24) is 14.5 Å². The number of hydrogen-bond acceptors (Lipinski definition) is 4. The number of hydrogen-bond donors (Lipinski definition) is 1. The number of fused-ring (bicyclic) bond motifs is 1. The third-order valence-corrected chi connectivity index (χ3v) is 3.98. The first kappa shape index (κ1) is 16.5. The van der Waals surface area contributed by atoms with E-state index in [1.54, 1.807) is 17.3 Å². The zero-order valence-corrected chi connectivity index (χ0v) is 14.3. The molecule has 1 aliphatic heterocycles. The SMILES string of the molecule is CC(C)(C)OC(=O)N1CCn2c(ccc2C(O)c2cccnc2)C1. The fraction of sp³-hybridized carbons (Fsp3) is 0.444. The molecule has 2 aromatic rings. The molecule has 1 N–H and O–H groups in total. The Hall–Kier alpha value is -2.34. The minimum absolute atomic E-state index is 0.302. The number of aliphatic hydroxyl groups is 1. The van der Waals surface area contributed by atoms with E-state index in [2.05, 4.69) is 9.55 Å². The Bertz CT molecular complexity index is 719. The quantitative estimate of drug-likeness (QED) is 0.920. The molecule has 0 spiro atoms. The van der Waals surface area contributed by atoms with Crippen LogP contribution in [0.15, 0.2) is 36.7 Å². The molecule has 3 heterocycles. The molecule has 0 saturated heterocycles. The van der Waals surface area contributed by atoms with E-state index in [9.17, 15) is 9.90 Å². The summed E-state index contributed by atoms with van der Waals surface area (Å²) in [4.78, 5) is 18.0. The lowest BCUT2D eigenvalue weighted by molar-refractivity contribution is 0.0196. The van der Waals surface area contributed by atoms with Gasteiger partial charge in [-0.05, 0) is 39.0 Å². The molecular weight excluding hydrogens is 306 g/mol. The van der Waals surface area contributed by atoms with Gasteiger partial charge in [-0.1, -0.05) is 6.07 Å². The average Bonchev–Trinajstić information content (AvgIpc) is 2.96. The first-order valence-electron chi connectivity index (χ1n) is 8.09. The van der Waals surface area contributed by atoms with Crippen molar-refractivity contribution in [2.75, 3.05) is 6.54 Å². The van der Waals surface area contributed by atoms with E-state index in [0.717, 1.165) is 17.0 Å². The highest BCUT2D eigenvalue weighted by Crippen LogP contribution is 2.26. The number of rotatable bonds is 2. The zero-order chi connectivity index (χ0) is 17.3. The van der Waals surface area contributed by atoms with E-state index in [1.807, 2.05) is 45.0 Å². The molecule has 1 atom stereocenters. The molecular formula is C18H23N3O3. The number of amides is 1. The lowest BCUT2D eigenvalue weighted by Crippen LogP contribution is -2.41. The van der Waals surface area contributed by atoms with Crippen LogP contribution in [0.5, 0.6) is 0 Å². The lowest BCUT2D eigenvalue weighted by atomic mass is 10.1. The van der Waals surface area contributed by atoms with Crippen LogP contribution in [0.4, 0.5) is 4.79 Å². The Morgan fingerprint density at radius 3 is 2.75 bits per heavy atom. The Morgan fingerprint density at radius 1 is 1.29 bits per heavy atom. The monoisotopic (exact) mass is 329 g/mol. The molecule has 2 aromatic heterocycles. The van der Waals surface area contributed by atoms with Gasteiger partial charge in [0.25, 0.3) is 0 Å². The van der Waals surface area contributed by atoms with Crippen molar-refractivity contribution in [1.29, 1.82) is 0 Å². The highest BCUT2D eigenvalue weighted by Gasteiger charge is 2.28. The molecule has 0 bridgehead atoms. The van der Waals surface area contributed by atoms with Gasteiger partial charge in [0.2, 0.25) is 0 Å². The smallest absolute Gasteiger partial charge is 0.410 e. The third kappa shape index (κ3) is 3.43. The summed E-state index contributed by atoms with van der Waals surface area (Å²) in [5, 5.41) is 10.6. The number of aliphatic hydroxyl groups excluding tert-OH is 1. The fourth-order valence-electron chi connectivity index (χ4n) is 2.86. The summed E-state index contributed by atoms with van der Waals surface area (Å²) in [5.74, 6) is 0. The van der Waals surface area contributed by atoms with Gasteiger partial charge in [0.1, 0.15) is 11.7 Å². The Labute approximate surface area is 141 Å². The standard InChI is InChI=1S/C18H23N3O3/c1-18(2,3)24-17(23)20-9-10-21-14(12-20)6-7-15(21)16(22)13-5-4-8-19-11-13/h4-8,11,16,22H,9-10,12H2,1-3H3. The van der Waals surface area contributed by atoms with E-state index in [-0.39, 0.29) is 6.09 Å². The summed E-state index contributed by atoms with van der Waals surface area (Å²) in [6.07, 6.45) is 2.33. The molecule has 3 rings (SSSR count). The molecule has 1 unspecified atom stereocenters. The molecule has 1 amide bonds. The van der Waals surface area contributed by atoms with Crippen LogP contribution in [-0.2, 0) is 17.8 Å². The van der Waals surface area contributed by atoms with Crippen LogP contribution in [-0.4, -0.2) is 37.8 Å². The Balaban J connectivity index is 1.76. The van der Waals surface area contributed by atoms with Gasteiger partial charge in [0.15, 0.2) is 0 Å². The third-order valence-electron chi connectivity index (χ3n) is 3.98. The van der Waals surface area contributed by atoms with Gasteiger partial charge in [-0.15, -0.1) is 0 Å². The Morgan fingerprint density at radius 2 is 2.08 bits per heavy atom. The van der Waals surface area contributed by atoms with Crippen molar-refractivity contribution in [2.24, 2.45) is 0 Å². The molecule has 6 nitrogen and oxygen atoms in total. The summed E-state index contributed by atoms with van der Waals surface area (Å²) < 4.78 is 7.50. The molecule has 0 saturated carbocycles. The van der Waals surface area contributed by atoms with Crippen molar-refractivity contribution < 1.29 is 14.6 Å². The van der Waals surface area contributed by atoms with E-state index < -0.39 is 11.7 Å². The van der Waals surface area contributed by atoms with Crippen molar-refractivity contribution in [3.63, 3.8) is 0 Å². The van der Waals surface area contributed by atoms with Crippen molar-refractivity contribution in [3.05, 3.63) is 53.6 Å². The largest absolute Gasteiger partial charge is 0.444 e. The van der Waals surface area contributed by atoms with Crippen LogP contribution in [0.25, 0.3) is 0 Å². The van der Waals surface area contributed by atoms with E-state index in [1.165, 1.54) is 0 Å². The maximum Gasteiger partial charge on any atom is 0.410 e. The summed E-state index contributed by atoms with van der Waals surface area (Å²) in [6.45, 7) is 7.26. The molecule has 0 fully saturated rings. The molecule has 0 aliphatic carbocycles.